The fourth-order valence-electron chi connectivity index (χ4n) is 1.25. The molecule has 4 heteroatoms. The molecule has 3 nitrogen and oxygen atoms in total. The standard InChI is InChI=1S/C11H10BrN3/c1-15(10-6-2-3-8-13-10)11-7-4-5-9(12)14-11/h2-8H,1H3. The average molecular weight is 264 g/mol. The van der Waals surface area contributed by atoms with Crippen LogP contribution in [0.5, 0.6) is 0 Å². The van der Waals surface area contributed by atoms with Crippen LogP contribution in [0.1, 0.15) is 0 Å². The van der Waals surface area contributed by atoms with Crippen LogP contribution in [0.2, 0.25) is 0 Å². The van der Waals surface area contributed by atoms with Gasteiger partial charge < -0.3 is 4.90 Å². The predicted octanol–water partition coefficient (Wildman–Crippen LogP) is 3.01. The highest BCUT2D eigenvalue weighted by Gasteiger charge is 2.05. The van der Waals surface area contributed by atoms with E-state index in [1.54, 1.807) is 6.20 Å². The van der Waals surface area contributed by atoms with Crippen LogP contribution < -0.4 is 4.90 Å². The number of pyridine rings is 2. The molecular formula is C11H10BrN3. The van der Waals surface area contributed by atoms with Crippen LogP contribution in [-0.4, -0.2) is 17.0 Å². The molecule has 15 heavy (non-hydrogen) atoms. The first-order valence-electron chi connectivity index (χ1n) is 4.55. The van der Waals surface area contributed by atoms with Crippen molar-refractivity contribution in [2.45, 2.75) is 0 Å². The monoisotopic (exact) mass is 263 g/mol. The van der Waals surface area contributed by atoms with Crippen molar-refractivity contribution < 1.29 is 0 Å². The second kappa shape index (κ2) is 4.40. The van der Waals surface area contributed by atoms with Crippen LogP contribution >= 0.6 is 15.9 Å². The minimum absolute atomic E-state index is 0.822. The van der Waals surface area contributed by atoms with E-state index >= 15 is 0 Å². The molecule has 76 valence electrons. The van der Waals surface area contributed by atoms with E-state index in [9.17, 15) is 0 Å². The molecule has 2 aromatic heterocycles. The Morgan fingerprint density at radius 3 is 2.53 bits per heavy atom. The fourth-order valence-corrected chi connectivity index (χ4v) is 1.59. The number of hydrogen-bond donors (Lipinski definition) is 0. The van der Waals surface area contributed by atoms with Gasteiger partial charge in [-0.1, -0.05) is 12.1 Å². The summed E-state index contributed by atoms with van der Waals surface area (Å²) in [5.41, 5.74) is 0. The van der Waals surface area contributed by atoms with Crippen molar-refractivity contribution >= 4 is 27.6 Å². The van der Waals surface area contributed by atoms with Crippen molar-refractivity contribution in [1.29, 1.82) is 0 Å². The summed E-state index contributed by atoms with van der Waals surface area (Å²) in [7, 11) is 1.94. The Morgan fingerprint density at radius 1 is 1.07 bits per heavy atom. The number of hydrogen-bond acceptors (Lipinski definition) is 3. The minimum atomic E-state index is 0.822. The molecule has 0 aliphatic rings. The van der Waals surface area contributed by atoms with Crippen LogP contribution in [0.25, 0.3) is 0 Å². The molecule has 0 saturated carbocycles. The third-order valence-electron chi connectivity index (χ3n) is 2.04. The van der Waals surface area contributed by atoms with Crippen molar-refractivity contribution in [3.63, 3.8) is 0 Å². The van der Waals surface area contributed by atoms with Gasteiger partial charge in [0.1, 0.15) is 16.2 Å². The van der Waals surface area contributed by atoms with E-state index in [4.69, 9.17) is 0 Å². The first kappa shape index (κ1) is 10.1. The summed E-state index contributed by atoms with van der Waals surface area (Å²) < 4.78 is 0.822. The highest BCUT2D eigenvalue weighted by Crippen LogP contribution is 2.20. The largest absolute Gasteiger partial charge is 0.314 e. The van der Waals surface area contributed by atoms with Gasteiger partial charge in [0.25, 0.3) is 0 Å². The lowest BCUT2D eigenvalue weighted by atomic mass is 10.4. The van der Waals surface area contributed by atoms with E-state index in [0.717, 1.165) is 16.2 Å². The van der Waals surface area contributed by atoms with Crippen LogP contribution in [0, 0.1) is 0 Å². The third-order valence-corrected chi connectivity index (χ3v) is 2.48. The summed E-state index contributed by atoms with van der Waals surface area (Å²) >= 11 is 3.34. The molecule has 0 bridgehead atoms. The van der Waals surface area contributed by atoms with Gasteiger partial charge in [-0.2, -0.15) is 0 Å². The third kappa shape index (κ3) is 2.33. The van der Waals surface area contributed by atoms with Gasteiger partial charge in [0.05, 0.1) is 0 Å². The van der Waals surface area contributed by atoms with Gasteiger partial charge in [-0.15, -0.1) is 0 Å². The van der Waals surface area contributed by atoms with E-state index in [-0.39, 0.29) is 0 Å². The first-order valence-corrected chi connectivity index (χ1v) is 5.34. The van der Waals surface area contributed by atoms with Gasteiger partial charge in [-0.25, -0.2) is 9.97 Å². The van der Waals surface area contributed by atoms with Gasteiger partial charge in [-0.3, -0.25) is 0 Å². The predicted molar refractivity (Wildman–Crippen MR) is 64.2 cm³/mol. The van der Waals surface area contributed by atoms with Gasteiger partial charge >= 0.3 is 0 Å². The molecule has 0 saturated heterocycles. The van der Waals surface area contributed by atoms with Crippen LogP contribution in [-0.2, 0) is 0 Å². The van der Waals surface area contributed by atoms with Gasteiger partial charge in [-0.05, 0) is 40.2 Å². The Hall–Kier alpha value is -1.42. The quantitative estimate of drug-likeness (QED) is 0.781. The van der Waals surface area contributed by atoms with Crippen LogP contribution in [0.15, 0.2) is 47.2 Å². The SMILES string of the molecule is CN(c1ccccn1)c1cccc(Br)n1. The number of nitrogens with zero attached hydrogens (tertiary/aromatic N) is 3. The minimum Gasteiger partial charge on any atom is -0.314 e. The summed E-state index contributed by atoms with van der Waals surface area (Å²) in [4.78, 5) is 10.5. The Morgan fingerprint density at radius 2 is 1.87 bits per heavy atom. The molecule has 0 atom stereocenters. The van der Waals surface area contributed by atoms with E-state index in [0.29, 0.717) is 0 Å². The maximum absolute atomic E-state index is 4.35. The van der Waals surface area contributed by atoms with Crippen molar-refractivity contribution in [2.75, 3.05) is 11.9 Å². The smallest absolute Gasteiger partial charge is 0.135 e. The molecule has 2 heterocycles. The maximum Gasteiger partial charge on any atom is 0.135 e. The lowest BCUT2D eigenvalue weighted by molar-refractivity contribution is 1.07. The van der Waals surface area contributed by atoms with Crippen molar-refractivity contribution in [3.05, 3.63) is 47.2 Å². The van der Waals surface area contributed by atoms with Crippen molar-refractivity contribution in [3.8, 4) is 0 Å². The number of aromatic nitrogens is 2. The van der Waals surface area contributed by atoms with Crippen molar-refractivity contribution in [1.82, 2.24) is 9.97 Å². The summed E-state index contributed by atoms with van der Waals surface area (Å²) in [6.45, 7) is 0. The van der Waals surface area contributed by atoms with Crippen molar-refractivity contribution in [2.24, 2.45) is 0 Å². The maximum atomic E-state index is 4.35. The molecule has 0 aromatic carbocycles. The molecule has 0 unspecified atom stereocenters. The zero-order chi connectivity index (χ0) is 10.7. The highest BCUT2D eigenvalue weighted by molar-refractivity contribution is 9.10. The van der Waals surface area contributed by atoms with E-state index < -0.39 is 0 Å². The van der Waals surface area contributed by atoms with Crippen LogP contribution in [0.3, 0.4) is 0 Å². The van der Waals surface area contributed by atoms with E-state index in [1.807, 2.05) is 48.3 Å². The Kier molecular flexibility index (Phi) is 2.97. The molecule has 0 spiro atoms. The molecule has 0 radical (unpaired) electrons. The van der Waals surface area contributed by atoms with E-state index in [2.05, 4.69) is 25.9 Å². The van der Waals surface area contributed by atoms with E-state index in [1.165, 1.54) is 0 Å². The molecule has 0 fully saturated rings. The molecule has 0 amide bonds. The lowest BCUT2D eigenvalue weighted by Crippen LogP contribution is -2.12. The summed E-state index contributed by atoms with van der Waals surface area (Å²) in [5.74, 6) is 1.74. The lowest BCUT2D eigenvalue weighted by Gasteiger charge is -2.16. The Bertz CT molecular complexity index is 445. The van der Waals surface area contributed by atoms with Gasteiger partial charge in [0, 0.05) is 13.2 Å². The highest BCUT2D eigenvalue weighted by atomic mass is 79.9. The molecule has 0 N–H and O–H groups in total. The summed E-state index contributed by atoms with van der Waals surface area (Å²) in [6.07, 6.45) is 1.77. The molecule has 0 aliphatic heterocycles. The number of rotatable bonds is 2. The topological polar surface area (TPSA) is 29.0 Å². The van der Waals surface area contributed by atoms with Crippen LogP contribution in [0.4, 0.5) is 11.6 Å². The number of halogens is 1. The zero-order valence-corrected chi connectivity index (χ0v) is 9.85. The Labute approximate surface area is 96.9 Å². The fraction of sp³-hybridized carbons (Fsp3) is 0.0909. The summed E-state index contributed by atoms with van der Waals surface area (Å²) in [6, 6.07) is 11.6. The molecule has 2 aromatic rings. The first-order chi connectivity index (χ1) is 7.27. The number of anilines is 2. The second-order valence-corrected chi connectivity index (χ2v) is 3.88. The summed E-state index contributed by atoms with van der Waals surface area (Å²) in [5, 5.41) is 0. The molecule has 0 aliphatic carbocycles. The second-order valence-electron chi connectivity index (χ2n) is 3.07. The normalized spacial score (nSPS) is 10.0. The Balaban J connectivity index is 2.32. The van der Waals surface area contributed by atoms with Gasteiger partial charge in [0.15, 0.2) is 0 Å². The molecule has 2 rings (SSSR count). The molecular weight excluding hydrogens is 254 g/mol. The zero-order valence-electron chi connectivity index (χ0n) is 8.26. The van der Waals surface area contributed by atoms with Gasteiger partial charge in [0.2, 0.25) is 0 Å². The average Bonchev–Trinajstić information content (AvgIpc) is 2.29.